The topological polar surface area (TPSA) is 95.7 Å². The van der Waals surface area contributed by atoms with Crippen LogP contribution in [0.15, 0.2) is 53.4 Å². The zero-order chi connectivity index (χ0) is 17.8. The van der Waals surface area contributed by atoms with E-state index in [9.17, 15) is 14.5 Å². The molecule has 7 nitrogen and oxygen atoms in total. The molecule has 0 saturated carbocycles. The van der Waals surface area contributed by atoms with E-state index in [-0.39, 0.29) is 15.8 Å². The van der Waals surface area contributed by atoms with Gasteiger partial charge in [0.05, 0.1) is 9.81 Å². The molecule has 1 fully saturated rings. The van der Waals surface area contributed by atoms with Gasteiger partial charge in [-0.25, -0.2) is 5.21 Å². The van der Waals surface area contributed by atoms with Crippen LogP contribution in [0.5, 0.6) is 5.75 Å². The van der Waals surface area contributed by atoms with Gasteiger partial charge in [-0.1, -0.05) is 12.1 Å². The summed E-state index contributed by atoms with van der Waals surface area (Å²) in [5.41, 5.74) is 1.77. The minimum atomic E-state index is -0.390. The summed E-state index contributed by atoms with van der Waals surface area (Å²) in [7, 11) is 0. The van der Waals surface area contributed by atoms with Crippen LogP contribution in [0.25, 0.3) is 6.08 Å². The van der Waals surface area contributed by atoms with Gasteiger partial charge < -0.3 is 4.74 Å². The molecule has 126 valence electrons. The average Bonchev–Trinajstić information content (AvgIpc) is 2.92. The number of carbonyl (C=O) groups excluding carboxylic acids is 2. The number of ether oxygens (including phenoxy) is 1. The molecule has 1 heterocycles. The molecule has 1 aliphatic rings. The first-order valence-corrected chi connectivity index (χ1v) is 8.06. The maximum Gasteiger partial charge on any atom is 0.316 e. The van der Waals surface area contributed by atoms with Crippen molar-refractivity contribution < 1.29 is 24.5 Å². The Hall–Kier alpha value is -3.13. The summed E-state index contributed by atoms with van der Waals surface area (Å²) < 4.78 is 5.64. The molecule has 0 radical (unpaired) electrons. The van der Waals surface area contributed by atoms with Crippen LogP contribution in [0.1, 0.15) is 11.1 Å². The van der Waals surface area contributed by atoms with Gasteiger partial charge in [0.1, 0.15) is 12.4 Å². The fourth-order valence-electron chi connectivity index (χ4n) is 2.12. The summed E-state index contributed by atoms with van der Waals surface area (Å²) >= 11 is 0.870. The molecule has 2 N–H and O–H groups in total. The van der Waals surface area contributed by atoms with Crippen LogP contribution in [0.2, 0.25) is 0 Å². The lowest BCUT2D eigenvalue weighted by atomic mass is 10.2. The fraction of sp³-hybridized carbons (Fsp3) is 0.0588. The van der Waals surface area contributed by atoms with Crippen molar-refractivity contribution in [3.8, 4) is 5.75 Å². The van der Waals surface area contributed by atoms with Crippen molar-refractivity contribution in [3.05, 3.63) is 69.5 Å². The lowest BCUT2D eigenvalue weighted by Gasteiger charge is -2.06. The second-order valence-electron chi connectivity index (χ2n) is 5.15. The lowest BCUT2D eigenvalue weighted by Crippen LogP contribution is -2.17. The average molecular weight is 357 g/mol. The summed E-state index contributed by atoms with van der Waals surface area (Å²) in [6, 6.07) is 13.4. The second-order valence-corrected chi connectivity index (χ2v) is 6.16. The molecule has 25 heavy (non-hydrogen) atoms. The summed E-state index contributed by atoms with van der Waals surface area (Å²) in [6.45, 7) is 0.303. The zero-order valence-electron chi connectivity index (χ0n) is 12.8. The summed E-state index contributed by atoms with van der Waals surface area (Å²) in [5.74, 6) is 0.247. The van der Waals surface area contributed by atoms with Crippen LogP contribution in [0, 0.1) is 4.91 Å². The number of rotatable bonds is 5. The Bertz CT molecular complexity index is 860. The minimum Gasteiger partial charge on any atom is -0.489 e. The maximum absolute atomic E-state index is 11.5. The third-order valence-electron chi connectivity index (χ3n) is 3.38. The minimum absolute atomic E-state index is 0.147. The normalized spacial score (nSPS) is 15.3. The molecule has 0 unspecified atom stereocenters. The molecule has 8 heteroatoms. The maximum atomic E-state index is 11.5. The van der Waals surface area contributed by atoms with Crippen LogP contribution in [-0.4, -0.2) is 21.3 Å². The van der Waals surface area contributed by atoms with Crippen LogP contribution < -0.4 is 10.1 Å². The highest BCUT2D eigenvalue weighted by Gasteiger charge is 2.24. The van der Waals surface area contributed by atoms with Crippen molar-refractivity contribution in [3.63, 3.8) is 0 Å². The highest BCUT2D eigenvalue weighted by atomic mass is 32.2. The van der Waals surface area contributed by atoms with E-state index in [2.05, 4.69) is 5.32 Å². The van der Waals surface area contributed by atoms with E-state index in [0.717, 1.165) is 22.9 Å². The second kappa shape index (κ2) is 7.18. The first-order valence-electron chi connectivity index (χ1n) is 7.24. The zero-order valence-corrected chi connectivity index (χ0v) is 13.7. The van der Waals surface area contributed by atoms with Crippen molar-refractivity contribution in [2.45, 2.75) is 6.61 Å². The Morgan fingerprint density at radius 3 is 2.32 bits per heavy atom. The van der Waals surface area contributed by atoms with E-state index in [1.165, 1.54) is 12.1 Å². The van der Waals surface area contributed by atoms with Gasteiger partial charge in [-0.15, -0.1) is 0 Å². The van der Waals surface area contributed by atoms with E-state index >= 15 is 0 Å². The van der Waals surface area contributed by atoms with Gasteiger partial charge in [-0.2, -0.15) is 0 Å². The molecule has 0 aliphatic carbocycles. The van der Waals surface area contributed by atoms with Gasteiger partial charge in [0.15, 0.2) is 0 Å². The Morgan fingerprint density at radius 1 is 1.08 bits per heavy atom. The van der Waals surface area contributed by atoms with E-state index < -0.39 is 5.91 Å². The largest absolute Gasteiger partial charge is 0.489 e. The quantitative estimate of drug-likeness (QED) is 0.629. The van der Waals surface area contributed by atoms with Gasteiger partial charge in [0.2, 0.25) is 0 Å². The van der Waals surface area contributed by atoms with Crippen molar-refractivity contribution in [2.75, 3.05) is 0 Å². The van der Waals surface area contributed by atoms with Crippen molar-refractivity contribution in [1.29, 1.82) is 0 Å². The monoisotopic (exact) mass is 357 g/mol. The fourth-order valence-corrected chi connectivity index (χ4v) is 2.80. The Kier molecular flexibility index (Phi) is 4.80. The predicted octanol–water partition coefficient (Wildman–Crippen LogP) is 3.39. The van der Waals surface area contributed by atoms with E-state index in [1.54, 1.807) is 42.5 Å². The van der Waals surface area contributed by atoms with Gasteiger partial charge in [0, 0.05) is 12.1 Å². The number of nitrogens with one attached hydrogen (secondary N) is 1. The highest BCUT2D eigenvalue weighted by molar-refractivity contribution is 8.18. The van der Waals surface area contributed by atoms with E-state index in [4.69, 9.17) is 9.94 Å². The van der Waals surface area contributed by atoms with Gasteiger partial charge >= 0.3 is 5.69 Å². The number of amides is 2. The molecule has 0 bridgehead atoms. The molecule has 2 aromatic carbocycles. The van der Waals surface area contributed by atoms with Crippen LogP contribution in [0.4, 0.5) is 10.5 Å². The molecule has 1 saturated heterocycles. The number of benzene rings is 2. The molecule has 0 spiro atoms. The molecule has 3 rings (SSSR count). The smallest absolute Gasteiger partial charge is 0.316 e. The number of hydrogen-bond donors (Lipinski definition) is 2. The number of nitrogens with zero attached hydrogens (tertiary/aromatic N) is 1. The van der Waals surface area contributed by atoms with Crippen molar-refractivity contribution in [2.24, 2.45) is 0 Å². The molecular formula is C17H13N2O5S+. The van der Waals surface area contributed by atoms with Crippen LogP contribution in [0.3, 0.4) is 0 Å². The molecule has 2 aromatic rings. The highest BCUT2D eigenvalue weighted by Crippen LogP contribution is 2.26. The number of hydrogen-bond acceptors (Lipinski definition) is 5. The molecular weight excluding hydrogens is 344 g/mol. The lowest BCUT2D eigenvalue weighted by molar-refractivity contribution is -0.729. The number of thioether (sulfide) groups is 1. The van der Waals surface area contributed by atoms with Gasteiger partial charge in [-0.05, 0) is 53.2 Å². The Balaban J connectivity index is 1.61. The Labute approximate surface area is 146 Å². The summed E-state index contributed by atoms with van der Waals surface area (Å²) in [6.07, 6.45) is 1.64. The SMILES string of the molecule is O=C1NC(=O)/C(=C/c2ccc(OCc3ccc([N+](=O)O)cc3)cc2)S1. The van der Waals surface area contributed by atoms with Crippen molar-refractivity contribution >= 4 is 34.7 Å². The van der Waals surface area contributed by atoms with E-state index in [1.807, 2.05) is 0 Å². The van der Waals surface area contributed by atoms with Crippen molar-refractivity contribution in [1.82, 2.24) is 5.32 Å². The first kappa shape index (κ1) is 16.7. The first-order chi connectivity index (χ1) is 12.0. The molecule has 1 aliphatic heterocycles. The van der Waals surface area contributed by atoms with Gasteiger partial charge in [-0.3, -0.25) is 14.9 Å². The van der Waals surface area contributed by atoms with Crippen LogP contribution >= 0.6 is 11.8 Å². The standard InChI is InChI=1S/C17H12N2O5S/c20-16-15(25-17(21)18-16)9-11-3-7-14(8-4-11)24-10-12-1-5-13(6-2-12)19(22)23/h1-9H,10H2,(H-,18,20,21,22,23)/p+1/b15-9-. The van der Waals surface area contributed by atoms with Gasteiger partial charge in [0.25, 0.3) is 16.1 Å². The van der Waals surface area contributed by atoms with Crippen LogP contribution in [-0.2, 0) is 11.4 Å². The third kappa shape index (κ3) is 4.24. The molecule has 0 aromatic heterocycles. The van der Waals surface area contributed by atoms with E-state index in [0.29, 0.717) is 17.3 Å². The molecule has 0 atom stereocenters. The predicted molar refractivity (Wildman–Crippen MR) is 91.4 cm³/mol. The number of imide groups is 1. The molecule has 2 amide bonds. The summed E-state index contributed by atoms with van der Waals surface area (Å²) in [5, 5.41) is 10.6. The third-order valence-corrected chi connectivity index (χ3v) is 4.19. The number of carbonyl (C=O) groups is 2. The Morgan fingerprint density at radius 2 is 1.76 bits per heavy atom. The summed E-state index contributed by atoms with van der Waals surface area (Å²) in [4.78, 5) is 33.5.